The van der Waals surface area contributed by atoms with Crippen LogP contribution in [-0.2, 0) is 33.0 Å². The third-order valence-electron chi connectivity index (χ3n) is 5.20. The van der Waals surface area contributed by atoms with E-state index in [1.165, 1.54) is 16.4 Å². The van der Waals surface area contributed by atoms with Gasteiger partial charge in [-0.3, -0.25) is 4.72 Å². The minimum atomic E-state index is -3.82. The van der Waals surface area contributed by atoms with Crippen LogP contribution in [0, 0.1) is 6.92 Å². The maximum atomic E-state index is 13.0. The van der Waals surface area contributed by atoms with E-state index in [0.29, 0.717) is 23.7 Å². The van der Waals surface area contributed by atoms with Crippen molar-refractivity contribution in [2.24, 2.45) is 0 Å². The van der Waals surface area contributed by atoms with Crippen LogP contribution in [0.25, 0.3) is 0 Å². The van der Waals surface area contributed by atoms with Gasteiger partial charge in [0.05, 0.1) is 9.79 Å². The van der Waals surface area contributed by atoms with Gasteiger partial charge in [0.15, 0.2) is 0 Å². The van der Waals surface area contributed by atoms with Crippen molar-refractivity contribution >= 4 is 37.3 Å². The van der Waals surface area contributed by atoms with Crippen LogP contribution < -0.4 is 4.72 Å². The van der Waals surface area contributed by atoms with Gasteiger partial charge in [-0.15, -0.1) is 0 Å². The molecule has 1 N–H and O–H groups in total. The molecule has 0 spiro atoms. The van der Waals surface area contributed by atoms with Crippen LogP contribution in [0.15, 0.2) is 76.5 Å². The Morgan fingerprint density at radius 1 is 0.871 bits per heavy atom. The predicted molar refractivity (Wildman–Crippen MR) is 121 cm³/mol. The molecule has 9 heteroatoms. The number of aryl methyl sites for hydroxylation is 1. The van der Waals surface area contributed by atoms with Gasteiger partial charge in [0.2, 0.25) is 10.0 Å². The molecular weight excluding hydrogens is 456 g/mol. The average Bonchev–Trinajstić information content (AvgIpc) is 2.73. The summed E-state index contributed by atoms with van der Waals surface area (Å²) in [5, 5.41) is 0.324. The topological polar surface area (TPSA) is 83.6 Å². The molecule has 0 saturated heterocycles. The molecule has 1 aliphatic rings. The largest absolute Gasteiger partial charge is 0.280 e. The zero-order valence-electron chi connectivity index (χ0n) is 16.7. The summed E-state index contributed by atoms with van der Waals surface area (Å²) in [6.45, 7) is 2.45. The highest BCUT2D eigenvalue weighted by atomic mass is 35.5. The summed E-state index contributed by atoms with van der Waals surface area (Å²) >= 11 is 5.91. The standard InChI is InChI=1S/C22H21ClN2O4S2/c1-16-5-9-21(10-6-16)31(28,29)25-12-11-17-7-8-20(13-18(17)15-25)24-30(26,27)22-4-2-3-19(23)14-22/h2-10,13-14,24H,11-12,15H2,1H3. The Morgan fingerprint density at radius 3 is 2.32 bits per heavy atom. The summed E-state index contributed by atoms with van der Waals surface area (Å²) in [7, 11) is -7.45. The second-order valence-electron chi connectivity index (χ2n) is 7.45. The molecule has 0 amide bonds. The molecule has 0 radical (unpaired) electrons. The van der Waals surface area contributed by atoms with Crippen molar-refractivity contribution in [2.75, 3.05) is 11.3 Å². The molecule has 0 atom stereocenters. The highest BCUT2D eigenvalue weighted by molar-refractivity contribution is 7.92. The number of sulfonamides is 2. The first-order valence-electron chi connectivity index (χ1n) is 9.62. The lowest BCUT2D eigenvalue weighted by atomic mass is 10.0. The van der Waals surface area contributed by atoms with Crippen LogP contribution in [-0.4, -0.2) is 27.7 Å². The van der Waals surface area contributed by atoms with Crippen LogP contribution in [0.5, 0.6) is 0 Å². The number of nitrogens with zero attached hydrogens (tertiary/aromatic N) is 1. The summed E-state index contributed by atoms with van der Waals surface area (Å²) < 4.78 is 55.4. The van der Waals surface area contributed by atoms with Gasteiger partial charge in [-0.2, -0.15) is 4.31 Å². The first-order chi connectivity index (χ1) is 14.6. The van der Waals surface area contributed by atoms with Crippen molar-refractivity contribution in [3.8, 4) is 0 Å². The predicted octanol–water partition coefficient (Wildman–Crippen LogP) is 4.20. The summed E-state index contributed by atoms with van der Waals surface area (Å²) in [5.74, 6) is 0. The van der Waals surface area contributed by atoms with Gasteiger partial charge in [-0.25, -0.2) is 16.8 Å². The van der Waals surface area contributed by atoms with Crippen molar-refractivity contribution in [1.82, 2.24) is 4.31 Å². The molecule has 1 heterocycles. The molecule has 1 aliphatic heterocycles. The van der Waals surface area contributed by atoms with Gasteiger partial charge in [0, 0.05) is 23.8 Å². The van der Waals surface area contributed by atoms with E-state index in [0.717, 1.165) is 16.7 Å². The summed E-state index contributed by atoms with van der Waals surface area (Å²) in [6.07, 6.45) is 0.557. The van der Waals surface area contributed by atoms with E-state index in [9.17, 15) is 16.8 Å². The fourth-order valence-electron chi connectivity index (χ4n) is 3.51. The summed E-state index contributed by atoms with van der Waals surface area (Å²) in [5.41, 5.74) is 3.13. The Hall–Kier alpha value is -2.39. The highest BCUT2D eigenvalue weighted by Gasteiger charge is 2.28. The molecule has 0 saturated carbocycles. The zero-order chi connectivity index (χ0) is 22.2. The molecular formula is C22H21ClN2O4S2. The van der Waals surface area contributed by atoms with E-state index in [4.69, 9.17) is 11.6 Å². The number of hydrogen-bond acceptors (Lipinski definition) is 4. The molecule has 31 heavy (non-hydrogen) atoms. The fourth-order valence-corrected chi connectivity index (χ4v) is 6.28. The van der Waals surface area contributed by atoms with Gasteiger partial charge in [-0.05, 0) is 66.9 Å². The molecule has 0 unspecified atom stereocenters. The van der Waals surface area contributed by atoms with Crippen LogP contribution >= 0.6 is 11.6 Å². The molecule has 3 aromatic rings. The van der Waals surface area contributed by atoms with Gasteiger partial charge in [0.25, 0.3) is 10.0 Å². The number of nitrogens with one attached hydrogen (secondary N) is 1. The van der Waals surface area contributed by atoms with E-state index in [1.807, 2.05) is 13.0 Å². The van der Waals surface area contributed by atoms with Gasteiger partial charge in [-0.1, -0.05) is 41.4 Å². The van der Waals surface area contributed by atoms with Crippen molar-refractivity contribution in [3.63, 3.8) is 0 Å². The Morgan fingerprint density at radius 2 is 1.61 bits per heavy atom. The maximum absolute atomic E-state index is 13.0. The number of rotatable bonds is 5. The van der Waals surface area contributed by atoms with Crippen LogP contribution in [0.4, 0.5) is 5.69 Å². The molecule has 3 aromatic carbocycles. The second kappa shape index (κ2) is 8.27. The van der Waals surface area contributed by atoms with E-state index in [2.05, 4.69) is 4.72 Å². The maximum Gasteiger partial charge on any atom is 0.261 e. The number of halogens is 1. The van der Waals surface area contributed by atoms with Crippen LogP contribution in [0.3, 0.4) is 0 Å². The average molecular weight is 477 g/mol. The minimum absolute atomic E-state index is 0.0568. The van der Waals surface area contributed by atoms with E-state index in [1.54, 1.807) is 48.5 Å². The Labute approximate surface area is 187 Å². The Balaban J connectivity index is 1.59. The lowest BCUT2D eigenvalue weighted by Crippen LogP contribution is -2.36. The van der Waals surface area contributed by atoms with Crippen molar-refractivity contribution in [1.29, 1.82) is 0 Å². The van der Waals surface area contributed by atoms with E-state index >= 15 is 0 Å². The minimum Gasteiger partial charge on any atom is -0.280 e. The Bertz CT molecular complexity index is 1340. The van der Waals surface area contributed by atoms with E-state index in [-0.39, 0.29) is 16.3 Å². The normalized spacial score (nSPS) is 14.8. The zero-order valence-corrected chi connectivity index (χ0v) is 19.1. The third kappa shape index (κ3) is 4.62. The number of fused-ring (bicyclic) bond motifs is 1. The van der Waals surface area contributed by atoms with Gasteiger partial charge < -0.3 is 0 Å². The molecule has 4 rings (SSSR count). The number of hydrogen-bond donors (Lipinski definition) is 1. The fraction of sp³-hybridized carbons (Fsp3) is 0.182. The molecule has 0 aliphatic carbocycles. The quantitative estimate of drug-likeness (QED) is 0.598. The molecule has 0 aromatic heterocycles. The number of anilines is 1. The van der Waals surface area contributed by atoms with Crippen LogP contribution in [0.2, 0.25) is 5.02 Å². The molecule has 0 bridgehead atoms. The summed E-state index contributed by atoms with van der Waals surface area (Å²) in [6, 6.07) is 18.0. The first-order valence-corrected chi connectivity index (χ1v) is 12.9. The monoisotopic (exact) mass is 476 g/mol. The van der Waals surface area contributed by atoms with E-state index < -0.39 is 20.0 Å². The smallest absolute Gasteiger partial charge is 0.261 e. The Kier molecular flexibility index (Phi) is 5.83. The lowest BCUT2D eigenvalue weighted by molar-refractivity contribution is 0.391. The molecule has 6 nitrogen and oxygen atoms in total. The van der Waals surface area contributed by atoms with Gasteiger partial charge >= 0.3 is 0 Å². The third-order valence-corrected chi connectivity index (χ3v) is 8.67. The molecule has 0 fully saturated rings. The van der Waals surface area contributed by atoms with Crippen molar-refractivity contribution < 1.29 is 16.8 Å². The van der Waals surface area contributed by atoms with Crippen molar-refractivity contribution in [3.05, 3.63) is 88.4 Å². The van der Waals surface area contributed by atoms with Crippen LogP contribution in [0.1, 0.15) is 16.7 Å². The van der Waals surface area contributed by atoms with Crippen molar-refractivity contribution in [2.45, 2.75) is 29.7 Å². The first kappa shape index (κ1) is 21.8. The summed E-state index contributed by atoms with van der Waals surface area (Å²) in [4.78, 5) is 0.306. The SMILES string of the molecule is Cc1ccc(S(=O)(=O)N2CCc3ccc(NS(=O)(=O)c4cccc(Cl)c4)cc3C2)cc1. The second-order valence-corrected chi connectivity index (χ2v) is 11.5. The highest BCUT2D eigenvalue weighted by Crippen LogP contribution is 2.28. The number of benzene rings is 3. The lowest BCUT2D eigenvalue weighted by Gasteiger charge is -2.28. The molecule has 162 valence electrons. The van der Waals surface area contributed by atoms with Gasteiger partial charge in [0.1, 0.15) is 0 Å².